The Morgan fingerprint density at radius 3 is 2.38 bits per heavy atom. The van der Waals surface area contributed by atoms with Crippen LogP contribution < -0.4 is 0 Å². The first-order valence-corrected chi connectivity index (χ1v) is 6.92. The summed E-state index contributed by atoms with van der Waals surface area (Å²) in [5.41, 5.74) is 2.25. The first kappa shape index (κ1) is 13.7. The van der Waals surface area contributed by atoms with E-state index in [1.165, 1.54) is 6.07 Å². The molecule has 0 aliphatic carbocycles. The van der Waals surface area contributed by atoms with E-state index in [4.69, 9.17) is 11.6 Å². The highest BCUT2D eigenvalue weighted by molar-refractivity contribution is 6.29. The summed E-state index contributed by atoms with van der Waals surface area (Å²) in [7, 11) is 0. The van der Waals surface area contributed by atoms with Gasteiger partial charge in [0, 0.05) is 18.1 Å². The van der Waals surface area contributed by atoms with Gasteiger partial charge < -0.3 is 0 Å². The van der Waals surface area contributed by atoms with Crippen LogP contribution in [0.25, 0.3) is 11.3 Å². The van der Waals surface area contributed by atoms with Crippen LogP contribution in [0.4, 0.5) is 4.39 Å². The summed E-state index contributed by atoms with van der Waals surface area (Å²) in [6.07, 6.45) is 0.313. The molecule has 0 unspecified atom stereocenters. The third-order valence-electron chi connectivity index (χ3n) is 3.12. The van der Waals surface area contributed by atoms with Crippen LogP contribution in [-0.4, -0.2) is 9.97 Å². The third kappa shape index (κ3) is 3.26. The Balaban J connectivity index is 1.97. The Morgan fingerprint density at radius 1 is 0.905 bits per heavy atom. The molecule has 0 spiro atoms. The molecule has 0 aliphatic rings. The van der Waals surface area contributed by atoms with Crippen LogP contribution in [0.1, 0.15) is 11.4 Å². The lowest BCUT2D eigenvalue weighted by Gasteiger charge is -2.06. The summed E-state index contributed by atoms with van der Waals surface area (Å²) >= 11 is 6.06. The highest BCUT2D eigenvalue weighted by Crippen LogP contribution is 2.21. The predicted octanol–water partition coefficient (Wildman–Crippen LogP) is 4.53. The maximum absolute atomic E-state index is 13.7. The minimum Gasteiger partial charge on any atom is -0.232 e. The minimum absolute atomic E-state index is 0.262. The number of hydrogen-bond acceptors (Lipinski definition) is 2. The highest BCUT2D eigenvalue weighted by Gasteiger charge is 2.08. The Morgan fingerprint density at radius 2 is 1.62 bits per heavy atom. The van der Waals surface area contributed by atoms with Gasteiger partial charge in [-0.2, -0.15) is 0 Å². The molecule has 3 rings (SSSR count). The van der Waals surface area contributed by atoms with Gasteiger partial charge in [0.1, 0.15) is 16.8 Å². The van der Waals surface area contributed by atoms with E-state index < -0.39 is 0 Å². The van der Waals surface area contributed by atoms with Crippen molar-refractivity contribution in [1.29, 1.82) is 0 Å². The molecule has 3 aromatic rings. The number of aromatic nitrogens is 2. The smallest absolute Gasteiger partial charge is 0.135 e. The SMILES string of the molecule is Fc1ccccc1Cc1nc(Cl)cc(-c2ccccc2)n1. The maximum atomic E-state index is 13.7. The molecule has 0 saturated heterocycles. The maximum Gasteiger partial charge on any atom is 0.135 e. The van der Waals surface area contributed by atoms with Gasteiger partial charge in [-0.3, -0.25) is 0 Å². The van der Waals surface area contributed by atoms with Gasteiger partial charge in [0.15, 0.2) is 0 Å². The average Bonchev–Trinajstić information content (AvgIpc) is 2.50. The molecule has 4 heteroatoms. The first-order chi connectivity index (χ1) is 10.2. The summed E-state index contributed by atoms with van der Waals surface area (Å²) in [5, 5.41) is 0.357. The van der Waals surface area contributed by atoms with Crippen LogP contribution in [-0.2, 0) is 6.42 Å². The number of halogens is 2. The van der Waals surface area contributed by atoms with Gasteiger partial charge in [-0.1, -0.05) is 60.1 Å². The van der Waals surface area contributed by atoms with Crippen molar-refractivity contribution in [3.05, 3.63) is 83.0 Å². The van der Waals surface area contributed by atoms with Gasteiger partial charge in [-0.15, -0.1) is 0 Å². The van der Waals surface area contributed by atoms with Gasteiger partial charge in [0.2, 0.25) is 0 Å². The number of nitrogens with zero attached hydrogens (tertiary/aromatic N) is 2. The molecular weight excluding hydrogens is 287 g/mol. The molecule has 0 bridgehead atoms. The second kappa shape index (κ2) is 6.02. The molecule has 0 amide bonds. The molecule has 2 nitrogen and oxygen atoms in total. The fraction of sp³-hybridized carbons (Fsp3) is 0.0588. The zero-order valence-electron chi connectivity index (χ0n) is 11.1. The summed E-state index contributed by atoms with van der Waals surface area (Å²) < 4.78 is 13.7. The van der Waals surface area contributed by atoms with E-state index in [2.05, 4.69) is 9.97 Å². The lowest BCUT2D eigenvalue weighted by atomic mass is 10.1. The van der Waals surface area contributed by atoms with Crippen molar-refractivity contribution in [2.75, 3.05) is 0 Å². The number of hydrogen-bond donors (Lipinski definition) is 0. The van der Waals surface area contributed by atoms with Crippen LogP contribution in [0, 0.1) is 5.82 Å². The second-order valence-electron chi connectivity index (χ2n) is 4.63. The monoisotopic (exact) mass is 298 g/mol. The van der Waals surface area contributed by atoms with Gasteiger partial charge in [0.25, 0.3) is 0 Å². The third-order valence-corrected chi connectivity index (χ3v) is 3.31. The van der Waals surface area contributed by atoms with Crippen molar-refractivity contribution in [3.63, 3.8) is 0 Å². The Labute approximate surface area is 127 Å². The molecule has 0 N–H and O–H groups in total. The Bertz CT molecular complexity index is 760. The quantitative estimate of drug-likeness (QED) is 0.664. The average molecular weight is 299 g/mol. The van der Waals surface area contributed by atoms with E-state index in [9.17, 15) is 4.39 Å². The molecule has 1 aromatic heterocycles. The van der Waals surface area contributed by atoms with Crippen molar-refractivity contribution in [2.24, 2.45) is 0 Å². The summed E-state index contributed by atoms with van der Waals surface area (Å²) in [6.45, 7) is 0. The molecule has 2 aromatic carbocycles. The number of rotatable bonds is 3. The minimum atomic E-state index is -0.262. The van der Waals surface area contributed by atoms with Crippen molar-refractivity contribution in [1.82, 2.24) is 9.97 Å². The standard InChI is InChI=1S/C17H12ClFN2/c18-16-11-15(12-6-2-1-3-7-12)20-17(21-16)10-13-8-4-5-9-14(13)19/h1-9,11H,10H2. The highest BCUT2D eigenvalue weighted by atomic mass is 35.5. The van der Waals surface area contributed by atoms with Crippen LogP contribution in [0.3, 0.4) is 0 Å². The van der Waals surface area contributed by atoms with Crippen molar-refractivity contribution < 1.29 is 4.39 Å². The van der Waals surface area contributed by atoms with E-state index in [0.717, 1.165) is 11.3 Å². The van der Waals surface area contributed by atoms with Gasteiger partial charge in [-0.05, 0) is 11.6 Å². The summed E-state index contributed by atoms with van der Waals surface area (Å²) in [4.78, 5) is 8.66. The van der Waals surface area contributed by atoms with Gasteiger partial charge in [-0.25, -0.2) is 14.4 Å². The zero-order chi connectivity index (χ0) is 14.7. The van der Waals surface area contributed by atoms with Crippen molar-refractivity contribution in [3.8, 4) is 11.3 Å². The van der Waals surface area contributed by atoms with E-state index in [-0.39, 0.29) is 5.82 Å². The van der Waals surface area contributed by atoms with E-state index in [1.807, 2.05) is 30.3 Å². The predicted molar refractivity (Wildman–Crippen MR) is 81.7 cm³/mol. The normalized spacial score (nSPS) is 10.6. The fourth-order valence-electron chi connectivity index (χ4n) is 2.11. The van der Waals surface area contributed by atoms with Crippen LogP contribution in [0.2, 0.25) is 5.15 Å². The van der Waals surface area contributed by atoms with Crippen LogP contribution >= 0.6 is 11.6 Å². The largest absolute Gasteiger partial charge is 0.232 e. The van der Waals surface area contributed by atoms with Crippen molar-refractivity contribution >= 4 is 11.6 Å². The van der Waals surface area contributed by atoms with Gasteiger partial charge >= 0.3 is 0 Å². The van der Waals surface area contributed by atoms with E-state index in [1.54, 1.807) is 24.3 Å². The van der Waals surface area contributed by atoms with E-state index >= 15 is 0 Å². The first-order valence-electron chi connectivity index (χ1n) is 6.54. The van der Waals surface area contributed by atoms with Crippen LogP contribution in [0.5, 0.6) is 0 Å². The fourth-order valence-corrected chi connectivity index (χ4v) is 2.31. The molecule has 0 atom stereocenters. The molecule has 1 heterocycles. The molecule has 0 saturated carbocycles. The topological polar surface area (TPSA) is 25.8 Å². The lowest BCUT2D eigenvalue weighted by Crippen LogP contribution is -2.00. The molecule has 0 radical (unpaired) electrons. The Kier molecular flexibility index (Phi) is 3.93. The van der Waals surface area contributed by atoms with Crippen molar-refractivity contribution in [2.45, 2.75) is 6.42 Å². The lowest BCUT2D eigenvalue weighted by molar-refractivity contribution is 0.612. The summed E-state index contributed by atoms with van der Waals surface area (Å²) in [6, 6.07) is 18.0. The molecule has 21 heavy (non-hydrogen) atoms. The Hall–Kier alpha value is -2.26. The second-order valence-corrected chi connectivity index (χ2v) is 5.01. The van der Waals surface area contributed by atoms with Gasteiger partial charge in [0.05, 0.1) is 5.69 Å². The van der Waals surface area contributed by atoms with E-state index in [0.29, 0.717) is 23.0 Å². The molecule has 104 valence electrons. The molecule has 0 fully saturated rings. The summed E-state index contributed by atoms with van der Waals surface area (Å²) in [5.74, 6) is 0.244. The molecular formula is C17H12ClFN2. The van der Waals surface area contributed by atoms with Crippen LogP contribution in [0.15, 0.2) is 60.7 Å². The molecule has 0 aliphatic heterocycles. The zero-order valence-corrected chi connectivity index (χ0v) is 11.9. The number of benzene rings is 2.